The number of nitrogens with one attached hydrogen (secondary N) is 1. The summed E-state index contributed by atoms with van der Waals surface area (Å²) in [6, 6.07) is 20.6. The lowest BCUT2D eigenvalue weighted by Gasteiger charge is -2.10. The third-order valence-electron chi connectivity index (χ3n) is 4.86. The first-order valence-electron chi connectivity index (χ1n) is 9.83. The minimum absolute atomic E-state index is 0.0194. The summed E-state index contributed by atoms with van der Waals surface area (Å²) in [6.45, 7) is 4.02. The van der Waals surface area contributed by atoms with Gasteiger partial charge in [0.05, 0.1) is 4.92 Å². The zero-order valence-corrected chi connectivity index (χ0v) is 17.7. The van der Waals surface area contributed by atoms with Crippen LogP contribution in [0.4, 0.5) is 11.4 Å². The molecule has 1 amide bonds. The SMILES string of the molecule is Cc1ccc(NC(=O)/C(C#N)=C/c2ccccc2OCc2cccc([N+](=O)[O-])c2)cc1C. The van der Waals surface area contributed by atoms with E-state index < -0.39 is 10.8 Å². The van der Waals surface area contributed by atoms with Gasteiger partial charge < -0.3 is 10.1 Å². The van der Waals surface area contributed by atoms with Crippen molar-refractivity contribution in [3.63, 3.8) is 0 Å². The number of nitro benzene ring substituents is 1. The molecule has 0 fully saturated rings. The van der Waals surface area contributed by atoms with E-state index in [1.54, 1.807) is 42.5 Å². The van der Waals surface area contributed by atoms with Crippen LogP contribution in [0.2, 0.25) is 0 Å². The minimum Gasteiger partial charge on any atom is -0.488 e. The number of nitrogens with zero attached hydrogens (tertiary/aromatic N) is 2. The first kappa shape index (κ1) is 22.2. The van der Waals surface area contributed by atoms with Gasteiger partial charge in [0.2, 0.25) is 0 Å². The lowest BCUT2D eigenvalue weighted by molar-refractivity contribution is -0.384. The first-order valence-corrected chi connectivity index (χ1v) is 9.83. The predicted molar refractivity (Wildman–Crippen MR) is 122 cm³/mol. The lowest BCUT2D eigenvalue weighted by atomic mass is 10.1. The Bertz CT molecular complexity index is 1240. The van der Waals surface area contributed by atoms with Crippen molar-refractivity contribution in [2.45, 2.75) is 20.5 Å². The number of rotatable bonds is 7. The fraction of sp³-hybridized carbons (Fsp3) is 0.120. The summed E-state index contributed by atoms with van der Waals surface area (Å²) in [6.07, 6.45) is 1.46. The van der Waals surface area contributed by atoms with Gasteiger partial charge in [-0.1, -0.05) is 36.4 Å². The molecule has 7 heteroatoms. The number of carbonyl (C=O) groups is 1. The summed E-state index contributed by atoms with van der Waals surface area (Å²) in [5.74, 6) is -0.0741. The lowest BCUT2D eigenvalue weighted by Crippen LogP contribution is -2.13. The van der Waals surface area contributed by atoms with Crippen LogP contribution in [0.5, 0.6) is 5.75 Å². The highest BCUT2D eigenvalue weighted by Gasteiger charge is 2.12. The summed E-state index contributed by atoms with van der Waals surface area (Å²) in [5.41, 5.74) is 3.83. The van der Waals surface area contributed by atoms with E-state index in [9.17, 15) is 20.2 Å². The van der Waals surface area contributed by atoms with Crippen LogP contribution in [0.1, 0.15) is 22.3 Å². The molecule has 0 bridgehead atoms. The van der Waals surface area contributed by atoms with E-state index in [2.05, 4.69) is 5.32 Å². The molecule has 0 aliphatic rings. The number of para-hydroxylation sites is 1. The fourth-order valence-corrected chi connectivity index (χ4v) is 2.97. The predicted octanol–water partition coefficient (Wildman–Crippen LogP) is 5.34. The van der Waals surface area contributed by atoms with Gasteiger partial charge in [0.1, 0.15) is 24.0 Å². The monoisotopic (exact) mass is 427 g/mol. The number of nitro groups is 1. The standard InChI is InChI=1S/C25H21N3O4/c1-17-10-11-22(12-18(17)2)27-25(29)21(15-26)14-20-7-3-4-9-24(20)32-16-19-6-5-8-23(13-19)28(30)31/h3-14H,16H2,1-2H3,(H,27,29)/b21-14+. The molecule has 0 atom stereocenters. The number of hydrogen-bond acceptors (Lipinski definition) is 5. The highest BCUT2D eigenvalue weighted by Crippen LogP contribution is 2.24. The van der Waals surface area contributed by atoms with Crippen LogP contribution in [0.15, 0.2) is 72.3 Å². The van der Waals surface area contributed by atoms with Crippen molar-refractivity contribution in [2.24, 2.45) is 0 Å². The molecule has 3 rings (SSSR count). The van der Waals surface area contributed by atoms with Crippen molar-refractivity contribution in [3.05, 3.63) is 105 Å². The Balaban J connectivity index is 1.79. The van der Waals surface area contributed by atoms with Gasteiger partial charge in [0, 0.05) is 23.4 Å². The maximum absolute atomic E-state index is 12.6. The molecule has 0 aromatic heterocycles. The van der Waals surface area contributed by atoms with E-state index >= 15 is 0 Å². The van der Waals surface area contributed by atoms with E-state index in [1.165, 1.54) is 18.2 Å². The van der Waals surface area contributed by atoms with Crippen molar-refractivity contribution < 1.29 is 14.5 Å². The number of benzene rings is 3. The maximum atomic E-state index is 12.6. The van der Waals surface area contributed by atoms with Gasteiger partial charge in [-0.05, 0) is 54.8 Å². The third kappa shape index (κ3) is 5.58. The summed E-state index contributed by atoms with van der Waals surface area (Å²) < 4.78 is 5.82. The Morgan fingerprint density at radius 2 is 1.88 bits per heavy atom. The normalized spacial score (nSPS) is 10.8. The molecule has 3 aromatic rings. The zero-order valence-electron chi connectivity index (χ0n) is 17.7. The molecular weight excluding hydrogens is 406 g/mol. The van der Waals surface area contributed by atoms with Crippen LogP contribution in [-0.2, 0) is 11.4 Å². The smallest absolute Gasteiger partial charge is 0.269 e. The Morgan fingerprint density at radius 1 is 1.09 bits per heavy atom. The van der Waals surface area contributed by atoms with Crippen LogP contribution in [0.25, 0.3) is 6.08 Å². The number of anilines is 1. The van der Waals surface area contributed by atoms with E-state index in [0.717, 1.165) is 11.1 Å². The number of nitriles is 1. The van der Waals surface area contributed by atoms with Gasteiger partial charge in [0.15, 0.2) is 0 Å². The molecule has 0 heterocycles. The number of non-ortho nitro benzene ring substituents is 1. The van der Waals surface area contributed by atoms with Crippen molar-refractivity contribution >= 4 is 23.4 Å². The number of carbonyl (C=O) groups excluding carboxylic acids is 1. The summed E-state index contributed by atoms with van der Waals surface area (Å²) in [4.78, 5) is 23.1. The summed E-state index contributed by atoms with van der Waals surface area (Å²) in [7, 11) is 0. The van der Waals surface area contributed by atoms with Crippen molar-refractivity contribution in [1.29, 1.82) is 5.26 Å². The molecule has 1 N–H and O–H groups in total. The molecule has 0 spiro atoms. The second kappa shape index (κ2) is 10.0. The average Bonchev–Trinajstić information content (AvgIpc) is 2.79. The Morgan fingerprint density at radius 3 is 2.59 bits per heavy atom. The molecule has 160 valence electrons. The molecule has 0 saturated carbocycles. The van der Waals surface area contributed by atoms with Crippen molar-refractivity contribution in [2.75, 3.05) is 5.32 Å². The molecule has 0 aliphatic carbocycles. The molecule has 0 radical (unpaired) electrons. The van der Waals surface area contributed by atoms with Gasteiger partial charge in [-0.25, -0.2) is 0 Å². The second-order valence-corrected chi connectivity index (χ2v) is 7.18. The van der Waals surface area contributed by atoms with Crippen molar-refractivity contribution in [1.82, 2.24) is 0 Å². The Labute approximate surface area is 185 Å². The molecule has 0 unspecified atom stereocenters. The Hall–Kier alpha value is -4.44. The van der Waals surface area contributed by atoms with Gasteiger partial charge in [-0.2, -0.15) is 5.26 Å². The summed E-state index contributed by atoms with van der Waals surface area (Å²) in [5, 5.41) is 23.2. The fourth-order valence-electron chi connectivity index (χ4n) is 2.97. The largest absolute Gasteiger partial charge is 0.488 e. The van der Waals surface area contributed by atoms with Crippen LogP contribution in [0, 0.1) is 35.3 Å². The number of hydrogen-bond donors (Lipinski definition) is 1. The molecular formula is C25H21N3O4. The highest BCUT2D eigenvalue weighted by molar-refractivity contribution is 6.09. The second-order valence-electron chi connectivity index (χ2n) is 7.18. The zero-order chi connectivity index (χ0) is 23.1. The molecule has 0 aliphatic heterocycles. The molecule has 0 saturated heterocycles. The van der Waals surface area contributed by atoms with Gasteiger partial charge in [-0.15, -0.1) is 0 Å². The van der Waals surface area contributed by atoms with E-state index in [4.69, 9.17) is 4.74 Å². The van der Waals surface area contributed by atoms with Crippen LogP contribution in [0.3, 0.4) is 0 Å². The maximum Gasteiger partial charge on any atom is 0.269 e. The molecule has 32 heavy (non-hydrogen) atoms. The minimum atomic E-state index is -0.524. The molecule has 3 aromatic carbocycles. The number of ether oxygens (including phenoxy) is 1. The van der Waals surface area contributed by atoms with Crippen LogP contribution < -0.4 is 10.1 Å². The van der Waals surface area contributed by atoms with Gasteiger partial charge in [0.25, 0.3) is 11.6 Å². The average molecular weight is 427 g/mol. The number of aryl methyl sites for hydroxylation is 2. The quantitative estimate of drug-likeness (QED) is 0.237. The van der Waals surface area contributed by atoms with E-state index in [-0.39, 0.29) is 17.9 Å². The van der Waals surface area contributed by atoms with E-state index in [0.29, 0.717) is 22.6 Å². The Kier molecular flexibility index (Phi) is 6.99. The van der Waals surface area contributed by atoms with Gasteiger partial charge >= 0.3 is 0 Å². The van der Waals surface area contributed by atoms with Gasteiger partial charge in [-0.3, -0.25) is 14.9 Å². The summed E-state index contributed by atoms with van der Waals surface area (Å²) >= 11 is 0. The number of amides is 1. The topological polar surface area (TPSA) is 105 Å². The van der Waals surface area contributed by atoms with Crippen LogP contribution >= 0.6 is 0 Å². The highest BCUT2D eigenvalue weighted by atomic mass is 16.6. The van der Waals surface area contributed by atoms with E-state index in [1.807, 2.05) is 32.0 Å². The molecule has 7 nitrogen and oxygen atoms in total. The third-order valence-corrected chi connectivity index (χ3v) is 4.86. The van der Waals surface area contributed by atoms with Crippen LogP contribution in [-0.4, -0.2) is 10.8 Å². The van der Waals surface area contributed by atoms with Crippen molar-refractivity contribution in [3.8, 4) is 11.8 Å². The first-order chi connectivity index (χ1) is 15.4.